The number of carbonyl (C=O) groups excluding carboxylic acids is 1. The maximum Gasteiger partial charge on any atom is 0.416 e. The summed E-state index contributed by atoms with van der Waals surface area (Å²) in [7, 11) is -2.92. The Labute approximate surface area is 157 Å². The molecule has 1 aromatic heterocycles. The normalized spacial score (nSPS) is 17.9. The molecule has 1 N–H and O–H groups in total. The highest BCUT2D eigenvalue weighted by Gasteiger charge is 2.42. The van der Waals surface area contributed by atoms with Gasteiger partial charge in [0.2, 0.25) is 10.8 Å². The van der Waals surface area contributed by atoms with E-state index in [1.807, 2.05) is 0 Å². The maximum atomic E-state index is 12.8. The molecular formula is C16H14F3N3O3S2. The summed E-state index contributed by atoms with van der Waals surface area (Å²) in [4.78, 5) is 13.5. The number of hydrazone groups is 1. The Morgan fingerprint density at radius 2 is 1.89 bits per heavy atom. The molecule has 0 fully saturated rings. The number of Topliss-reactive ketones (excluding diaryl/α,β-unsaturated/α-hetero) is 1. The quantitative estimate of drug-likeness (QED) is 0.755. The van der Waals surface area contributed by atoms with Gasteiger partial charge in [0.1, 0.15) is 5.00 Å². The van der Waals surface area contributed by atoms with E-state index >= 15 is 0 Å². The van der Waals surface area contributed by atoms with Crippen LogP contribution in [-0.4, -0.2) is 26.3 Å². The van der Waals surface area contributed by atoms with Gasteiger partial charge in [-0.1, -0.05) is 6.07 Å². The van der Waals surface area contributed by atoms with Crippen molar-refractivity contribution in [3.63, 3.8) is 0 Å². The van der Waals surface area contributed by atoms with Crippen molar-refractivity contribution in [2.45, 2.75) is 20.0 Å². The zero-order valence-electron chi connectivity index (χ0n) is 14.4. The number of rotatable bonds is 2. The highest BCUT2D eigenvalue weighted by atomic mass is 32.2. The van der Waals surface area contributed by atoms with Crippen LogP contribution >= 0.6 is 11.3 Å². The molecule has 6 nitrogen and oxygen atoms in total. The number of ketones is 1. The number of nitrogens with one attached hydrogen (secondary N) is 1. The van der Waals surface area contributed by atoms with E-state index in [0.29, 0.717) is 10.6 Å². The van der Waals surface area contributed by atoms with Gasteiger partial charge in [-0.25, -0.2) is 0 Å². The van der Waals surface area contributed by atoms with Crippen molar-refractivity contribution in [2.75, 3.05) is 16.8 Å². The van der Waals surface area contributed by atoms with Gasteiger partial charge in [0, 0.05) is 11.9 Å². The molecule has 1 aromatic carbocycles. The van der Waals surface area contributed by atoms with Crippen LogP contribution in [0, 0.1) is 13.8 Å². The first kappa shape index (κ1) is 19.4. The van der Waals surface area contributed by atoms with Crippen molar-refractivity contribution in [3.8, 4) is 0 Å². The largest absolute Gasteiger partial charge is 0.416 e. The van der Waals surface area contributed by atoms with Crippen LogP contribution in [0.5, 0.6) is 0 Å². The van der Waals surface area contributed by atoms with E-state index in [1.54, 1.807) is 13.8 Å². The van der Waals surface area contributed by atoms with Gasteiger partial charge in [-0.05, 0) is 37.6 Å². The Morgan fingerprint density at radius 3 is 2.52 bits per heavy atom. The number of halogens is 3. The summed E-state index contributed by atoms with van der Waals surface area (Å²) in [5.41, 5.74) is 2.12. The Hall–Kier alpha value is -2.40. The number of nitrogens with zero attached hydrogens (tertiary/aromatic N) is 2. The van der Waals surface area contributed by atoms with Crippen LogP contribution in [0.3, 0.4) is 0 Å². The number of hydrogen-bond donors (Lipinski definition) is 1. The van der Waals surface area contributed by atoms with Crippen molar-refractivity contribution in [1.29, 1.82) is 0 Å². The van der Waals surface area contributed by atoms with E-state index in [9.17, 15) is 26.4 Å². The summed E-state index contributed by atoms with van der Waals surface area (Å²) in [5, 5.41) is 3.17. The van der Waals surface area contributed by atoms with Crippen molar-refractivity contribution in [2.24, 2.45) is 5.10 Å². The van der Waals surface area contributed by atoms with Crippen LogP contribution in [0.1, 0.15) is 26.4 Å². The van der Waals surface area contributed by atoms with Gasteiger partial charge in [0.05, 0.1) is 16.8 Å². The van der Waals surface area contributed by atoms with E-state index in [-0.39, 0.29) is 11.3 Å². The molecule has 0 atom stereocenters. The van der Waals surface area contributed by atoms with Gasteiger partial charge in [0.15, 0.2) is 0 Å². The van der Waals surface area contributed by atoms with Crippen molar-refractivity contribution < 1.29 is 26.4 Å². The van der Waals surface area contributed by atoms with Gasteiger partial charge >= 0.3 is 6.18 Å². The number of sulfonamides is 1. The first-order chi connectivity index (χ1) is 12.4. The SMILES string of the molecule is Cc1sc2c(c1C)C(=O)/C(=N\Nc1cccc(C(F)(F)F)c1)S(=O)(=O)N2C. The topological polar surface area (TPSA) is 78.8 Å². The molecule has 0 radical (unpaired) electrons. The predicted molar refractivity (Wildman–Crippen MR) is 97.9 cm³/mol. The Bertz CT molecular complexity index is 1070. The van der Waals surface area contributed by atoms with Gasteiger partial charge in [0.25, 0.3) is 10.0 Å². The number of carbonyl (C=O) groups is 1. The zero-order chi connectivity index (χ0) is 20.1. The fraction of sp³-hybridized carbons (Fsp3) is 0.250. The van der Waals surface area contributed by atoms with Gasteiger partial charge in [-0.15, -0.1) is 11.3 Å². The fourth-order valence-corrected chi connectivity index (χ4v) is 5.04. The average molecular weight is 417 g/mol. The average Bonchev–Trinajstić information content (AvgIpc) is 2.88. The number of hydrogen-bond acceptors (Lipinski definition) is 6. The molecule has 0 amide bonds. The summed E-state index contributed by atoms with van der Waals surface area (Å²) >= 11 is 1.18. The van der Waals surface area contributed by atoms with Crippen LogP contribution in [0.4, 0.5) is 23.9 Å². The monoisotopic (exact) mass is 417 g/mol. The lowest BCUT2D eigenvalue weighted by atomic mass is 10.1. The second kappa shape index (κ2) is 6.34. The lowest BCUT2D eigenvalue weighted by Crippen LogP contribution is -2.42. The second-order valence-electron chi connectivity index (χ2n) is 5.87. The molecule has 2 aromatic rings. The zero-order valence-corrected chi connectivity index (χ0v) is 16.0. The third-order valence-electron chi connectivity index (χ3n) is 4.16. The molecule has 1 aliphatic heterocycles. The van der Waals surface area contributed by atoms with Crippen molar-refractivity contribution in [3.05, 3.63) is 45.8 Å². The van der Waals surface area contributed by atoms with Crippen LogP contribution in [0.25, 0.3) is 0 Å². The van der Waals surface area contributed by atoms with Gasteiger partial charge < -0.3 is 0 Å². The molecular weight excluding hydrogens is 403 g/mol. The van der Waals surface area contributed by atoms with E-state index in [4.69, 9.17) is 0 Å². The second-order valence-corrected chi connectivity index (χ2v) is 8.96. The lowest BCUT2D eigenvalue weighted by Gasteiger charge is -2.24. The minimum Gasteiger partial charge on any atom is -0.286 e. The Kier molecular flexibility index (Phi) is 4.55. The number of fused-ring (bicyclic) bond motifs is 1. The lowest BCUT2D eigenvalue weighted by molar-refractivity contribution is -0.137. The van der Waals surface area contributed by atoms with Crippen LogP contribution in [0.2, 0.25) is 0 Å². The molecule has 0 spiro atoms. The number of anilines is 2. The van der Waals surface area contributed by atoms with Gasteiger partial charge in [-0.2, -0.15) is 26.7 Å². The summed E-state index contributed by atoms with van der Waals surface area (Å²) < 4.78 is 64.6. The fourth-order valence-electron chi connectivity index (χ4n) is 2.55. The maximum absolute atomic E-state index is 12.8. The molecule has 0 bridgehead atoms. The third-order valence-corrected chi connectivity index (χ3v) is 7.22. The number of thiophene rings is 1. The van der Waals surface area contributed by atoms with Crippen LogP contribution in [-0.2, 0) is 16.2 Å². The molecule has 1 aliphatic rings. The summed E-state index contributed by atoms with van der Waals surface area (Å²) in [5.74, 6) is -0.788. The van der Waals surface area contributed by atoms with E-state index in [0.717, 1.165) is 27.4 Å². The predicted octanol–water partition coefficient (Wildman–Crippen LogP) is 3.77. The molecule has 27 heavy (non-hydrogen) atoms. The highest BCUT2D eigenvalue weighted by Crippen LogP contribution is 2.40. The first-order valence-electron chi connectivity index (χ1n) is 7.59. The summed E-state index contributed by atoms with van der Waals surface area (Å²) in [6, 6.07) is 4.09. The van der Waals surface area contributed by atoms with E-state index in [2.05, 4.69) is 10.5 Å². The molecule has 11 heteroatoms. The Morgan fingerprint density at radius 1 is 1.22 bits per heavy atom. The molecule has 0 saturated heterocycles. The van der Waals surface area contributed by atoms with Crippen molar-refractivity contribution >= 4 is 42.9 Å². The van der Waals surface area contributed by atoms with E-state index < -0.39 is 32.6 Å². The highest BCUT2D eigenvalue weighted by molar-refractivity contribution is 8.09. The minimum absolute atomic E-state index is 0.0907. The molecule has 0 aliphatic carbocycles. The molecule has 144 valence electrons. The number of benzene rings is 1. The third kappa shape index (κ3) is 3.21. The van der Waals surface area contributed by atoms with Crippen LogP contribution < -0.4 is 9.73 Å². The minimum atomic E-state index is -4.56. The summed E-state index contributed by atoms with van der Waals surface area (Å²) in [6.07, 6.45) is -4.56. The molecule has 3 rings (SSSR count). The van der Waals surface area contributed by atoms with E-state index in [1.165, 1.54) is 24.5 Å². The van der Waals surface area contributed by atoms with Crippen LogP contribution in [0.15, 0.2) is 29.4 Å². The number of aryl methyl sites for hydroxylation is 1. The Balaban J connectivity index is 2.04. The van der Waals surface area contributed by atoms with Crippen molar-refractivity contribution in [1.82, 2.24) is 0 Å². The molecule has 2 heterocycles. The summed E-state index contributed by atoms with van der Waals surface area (Å²) in [6.45, 7) is 3.47. The van der Waals surface area contributed by atoms with Gasteiger partial charge in [-0.3, -0.25) is 14.5 Å². The standard InChI is InChI=1S/C16H14F3N3O3S2/c1-8-9(2)26-15-12(8)13(23)14(27(24,25)22(15)3)21-20-11-6-4-5-10(7-11)16(17,18)19/h4-7,20H,1-3H3/b21-14+. The smallest absolute Gasteiger partial charge is 0.286 e. The first-order valence-corrected chi connectivity index (χ1v) is 9.85. The molecule has 0 unspecified atom stereocenters. The number of alkyl halides is 3. The molecule has 0 saturated carbocycles.